The van der Waals surface area contributed by atoms with Crippen LogP contribution >= 0.6 is 15.9 Å². The Bertz CT molecular complexity index is 742. The summed E-state index contributed by atoms with van der Waals surface area (Å²) in [5, 5.41) is 15.0. The van der Waals surface area contributed by atoms with Crippen LogP contribution in [0.2, 0.25) is 0 Å². The van der Waals surface area contributed by atoms with Crippen LogP contribution in [0.15, 0.2) is 39.7 Å². The number of halogens is 1. The number of nitrogens with zero attached hydrogens (tertiary/aromatic N) is 4. The lowest BCUT2D eigenvalue weighted by Crippen LogP contribution is -2.24. The maximum Gasteiger partial charge on any atom is 0.283 e. The van der Waals surface area contributed by atoms with Crippen LogP contribution < -0.4 is 10.5 Å². The van der Waals surface area contributed by atoms with Crippen molar-refractivity contribution in [2.24, 2.45) is 0 Å². The van der Waals surface area contributed by atoms with Gasteiger partial charge in [-0.05, 0) is 21.5 Å². The third-order valence-electron chi connectivity index (χ3n) is 2.95. The molecule has 21 heavy (non-hydrogen) atoms. The molecule has 2 aromatic rings. The second kappa shape index (κ2) is 6.04. The van der Waals surface area contributed by atoms with E-state index in [0.717, 1.165) is 0 Å². The molecule has 0 aliphatic heterocycles. The Hall–Kier alpha value is -2.22. The second-order valence-electron chi connectivity index (χ2n) is 4.61. The van der Waals surface area contributed by atoms with E-state index in [2.05, 4.69) is 21.0 Å². The third-order valence-corrected chi connectivity index (χ3v) is 3.86. The lowest BCUT2D eigenvalue weighted by atomic mass is 10.2. The predicted molar refractivity (Wildman–Crippen MR) is 82.7 cm³/mol. The molecule has 1 aromatic heterocycles. The molecule has 0 unspecified atom stereocenters. The van der Waals surface area contributed by atoms with E-state index in [9.17, 15) is 14.9 Å². The molecular formula is C13H13BrN4O3. The highest BCUT2D eigenvalue weighted by molar-refractivity contribution is 9.10. The minimum atomic E-state index is -0.473. The molecule has 0 radical (unpaired) electrons. The SMILES string of the molecule is CN(C)c1cnn(Cc2cccc([N+](=O)[O-])c2Br)c(=O)c1. The summed E-state index contributed by atoms with van der Waals surface area (Å²) in [5.41, 5.74) is 1.02. The average molecular weight is 353 g/mol. The molecule has 1 aromatic carbocycles. The molecule has 0 atom stereocenters. The Balaban J connectivity index is 2.37. The van der Waals surface area contributed by atoms with E-state index in [1.165, 1.54) is 16.8 Å². The minimum absolute atomic E-state index is 0.0366. The summed E-state index contributed by atoms with van der Waals surface area (Å²) < 4.78 is 1.62. The van der Waals surface area contributed by atoms with E-state index in [1.807, 2.05) is 14.1 Å². The van der Waals surface area contributed by atoms with Gasteiger partial charge < -0.3 is 4.90 Å². The monoisotopic (exact) mass is 352 g/mol. The van der Waals surface area contributed by atoms with Crippen LogP contribution in [0.5, 0.6) is 0 Å². The van der Waals surface area contributed by atoms with E-state index < -0.39 is 4.92 Å². The first-order valence-electron chi connectivity index (χ1n) is 6.06. The van der Waals surface area contributed by atoms with Gasteiger partial charge in [0.1, 0.15) is 4.47 Å². The highest BCUT2D eigenvalue weighted by atomic mass is 79.9. The van der Waals surface area contributed by atoms with Crippen molar-refractivity contribution in [2.45, 2.75) is 6.54 Å². The van der Waals surface area contributed by atoms with Crippen molar-refractivity contribution in [1.29, 1.82) is 0 Å². The molecule has 7 nitrogen and oxygen atoms in total. The van der Waals surface area contributed by atoms with Crippen LogP contribution in [0, 0.1) is 10.1 Å². The fraction of sp³-hybridized carbons (Fsp3) is 0.231. The number of hydrogen-bond donors (Lipinski definition) is 0. The molecule has 0 aliphatic rings. The van der Waals surface area contributed by atoms with E-state index in [0.29, 0.717) is 15.7 Å². The van der Waals surface area contributed by atoms with Gasteiger partial charge in [0.15, 0.2) is 0 Å². The Morgan fingerprint density at radius 3 is 2.71 bits per heavy atom. The smallest absolute Gasteiger partial charge is 0.283 e. The van der Waals surface area contributed by atoms with Crippen molar-refractivity contribution in [3.05, 3.63) is 61.0 Å². The molecule has 0 aliphatic carbocycles. The van der Waals surface area contributed by atoms with E-state index in [-0.39, 0.29) is 17.8 Å². The Kier molecular flexibility index (Phi) is 4.37. The maximum atomic E-state index is 12.0. The fourth-order valence-electron chi connectivity index (χ4n) is 1.78. The quantitative estimate of drug-likeness (QED) is 0.621. The van der Waals surface area contributed by atoms with Gasteiger partial charge in [0, 0.05) is 26.2 Å². The minimum Gasteiger partial charge on any atom is -0.376 e. The largest absolute Gasteiger partial charge is 0.376 e. The number of rotatable bonds is 4. The zero-order chi connectivity index (χ0) is 15.6. The first-order valence-corrected chi connectivity index (χ1v) is 6.85. The lowest BCUT2D eigenvalue weighted by Gasteiger charge is -2.12. The van der Waals surface area contributed by atoms with Crippen LogP contribution in [0.25, 0.3) is 0 Å². The van der Waals surface area contributed by atoms with E-state index in [1.54, 1.807) is 23.2 Å². The number of aromatic nitrogens is 2. The van der Waals surface area contributed by atoms with Crippen LogP contribution in [-0.2, 0) is 6.54 Å². The Morgan fingerprint density at radius 2 is 2.14 bits per heavy atom. The number of nitro groups is 1. The number of anilines is 1. The van der Waals surface area contributed by atoms with Crippen LogP contribution in [0.4, 0.5) is 11.4 Å². The molecule has 1 heterocycles. The average Bonchev–Trinajstić information content (AvgIpc) is 2.42. The molecule has 0 N–H and O–H groups in total. The van der Waals surface area contributed by atoms with Crippen molar-refractivity contribution >= 4 is 27.3 Å². The molecule has 0 amide bonds. The van der Waals surface area contributed by atoms with Crippen molar-refractivity contribution in [1.82, 2.24) is 9.78 Å². The summed E-state index contributed by atoms with van der Waals surface area (Å²) in [7, 11) is 3.63. The molecule has 0 fully saturated rings. The summed E-state index contributed by atoms with van der Waals surface area (Å²) in [6, 6.07) is 6.17. The molecule has 110 valence electrons. The summed E-state index contributed by atoms with van der Waals surface area (Å²) in [6.07, 6.45) is 1.58. The van der Waals surface area contributed by atoms with Crippen LogP contribution in [-0.4, -0.2) is 28.8 Å². The predicted octanol–water partition coefficient (Wildman–Crippen LogP) is 2.03. The molecule has 0 saturated carbocycles. The summed E-state index contributed by atoms with van der Waals surface area (Å²) in [4.78, 5) is 24.2. The summed E-state index contributed by atoms with van der Waals surface area (Å²) in [5.74, 6) is 0. The number of hydrogen-bond acceptors (Lipinski definition) is 5. The second-order valence-corrected chi connectivity index (χ2v) is 5.40. The van der Waals surface area contributed by atoms with Gasteiger partial charge in [-0.2, -0.15) is 5.10 Å². The molecule has 8 heteroatoms. The Labute approximate surface area is 129 Å². The van der Waals surface area contributed by atoms with Crippen molar-refractivity contribution in [3.63, 3.8) is 0 Å². The van der Waals surface area contributed by atoms with Gasteiger partial charge in [-0.3, -0.25) is 14.9 Å². The zero-order valence-corrected chi connectivity index (χ0v) is 13.1. The van der Waals surface area contributed by atoms with Gasteiger partial charge in [0.05, 0.1) is 23.4 Å². The van der Waals surface area contributed by atoms with Crippen molar-refractivity contribution in [3.8, 4) is 0 Å². The van der Waals surface area contributed by atoms with Gasteiger partial charge in [-0.25, -0.2) is 4.68 Å². The van der Waals surface area contributed by atoms with E-state index in [4.69, 9.17) is 0 Å². The summed E-state index contributed by atoms with van der Waals surface area (Å²) >= 11 is 3.21. The molecule has 0 spiro atoms. The van der Waals surface area contributed by atoms with Crippen molar-refractivity contribution < 1.29 is 4.92 Å². The van der Waals surface area contributed by atoms with Crippen LogP contribution in [0.3, 0.4) is 0 Å². The first-order chi connectivity index (χ1) is 9.90. The molecule has 0 bridgehead atoms. The van der Waals surface area contributed by atoms with Gasteiger partial charge in [0.2, 0.25) is 0 Å². The third kappa shape index (κ3) is 3.27. The number of nitro benzene ring substituents is 1. The normalized spacial score (nSPS) is 10.4. The zero-order valence-electron chi connectivity index (χ0n) is 11.5. The highest BCUT2D eigenvalue weighted by Gasteiger charge is 2.15. The summed E-state index contributed by atoms with van der Waals surface area (Å²) in [6.45, 7) is 0.162. The Morgan fingerprint density at radius 1 is 1.43 bits per heavy atom. The van der Waals surface area contributed by atoms with Gasteiger partial charge in [0.25, 0.3) is 11.2 Å². The fourth-order valence-corrected chi connectivity index (χ4v) is 2.31. The maximum absolute atomic E-state index is 12.0. The first kappa shape index (κ1) is 15.2. The molecular weight excluding hydrogens is 340 g/mol. The molecule has 0 saturated heterocycles. The topological polar surface area (TPSA) is 81.3 Å². The van der Waals surface area contributed by atoms with Crippen LogP contribution in [0.1, 0.15) is 5.56 Å². The van der Waals surface area contributed by atoms with E-state index >= 15 is 0 Å². The molecule has 2 rings (SSSR count). The number of benzene rings is 1. The highest BCUT2D eigenvalue weighted by Crippen LogP contribution is 2.28. The van der Waals surface area contributed by atoms with Crippen molar-refractivity contribution in [2.75, 3.05) is 19.0 Å². The van der Waals surface area contributed by atoms with Gasteiger partial charge in [-0.15, -0.1) is 0 Å². The van der Waals surface area contributed by atoms with Gasteiger partial charge >= 0.3 is 0 Å². The standard InChI is InChI=1S/C13H13BrN4O3/c1-16(2)10-6-12(19)17(15-7-10)8-9-4-3-5-11(13(9)14)18(20)21/h3-7H,8H2,1-2H3. The van der Waals surface area contributed by atoms with Gasteiger partial charge in [-0.1, -0.05) is 12.1 Å². The lowest BCUT2D eigenvalue weighted by molar-refractivity contribution is -0.385.